The average molecular weight is 288 g/mol. The van der Waals surface area contributed by atoms with Crippen LogP contribution in [0.15, 0.2) is 17.5 Å². The van der Waals surface area contributed by atoms with E-state index >= 15 is 0 Å². The lowest BCUT2D eigenvalue weighted by atomic mass is 10.2. The molecule has 6 heteroatoms. The topological polar surface area (TPSA) is 49.4 Å². The van der Waals surface area contributed by atoms with E-state index in [-0.39, 0.29) is 11.8 Å². The first-order chi connectivity index (χ1) is 8.48. The fraction of sp³-hybridized carbons (Fsp3) is 0.667. The first kappa shape index (κ1) is 14.0. The number of hydrogen-bond acceptors (Lipinski definition) is 4. The van der Waals surface area contributed by atoms with Gasteiger partial charge < -0.3 is 4.90 Å². The summed E-state index contributed by atoms with van der Waals surface area (Å²) in [4.78, 5) is 3.24. The van der Waals surface area contributed by atoms with Gasteiger partial charge in [-0.05, 0) is 44.3 Å². The van der Waals surface area contributed by atoms with E-state index in [4.69, 9.17) is 0 Å². The molecule has 0 spiro atoms. The molecule has 2 rings (SSSR count). The quantitative estimate of drug-likeness (QED) is 0.830. The van der Waals surface area contributed by atoms with Gasteiger partial charge in [0.2, 0.25) is 10.0 Å². The molecule has 0 amide bonds. The molecule has 1 aliphatic rings. The highest BCUT2D eigenvalue weighted by Crippen LogP contribution is 2.30. The minimum Gasteiger partial charge on any atom is -0.300 e. The second-order valence-corrected chi connectivity index (χ2v) is 7.90. The van der Waals surface area contributed by atoms with Crippen molar-refractivity contribution in [3.05, 3.63) is 22.4 Å². The van der Waals surface area contributed by atoms with E-state index in [2.05, 4.69) is 4.72 Å². The van der Waals surface area contributed by atoms with E-state index in [9.17, 15) is 8.42 Å². The zero-order chi connectivity index (χ0) is 13.2. The van der Waals surface area contributed by atoms with Crippen LogP contribution in [-0.2, 0) is 10.0 Å². The lowest BCUT2D eigenvalue weighted by molar-refractivity contribution is 0.303. The molecular formula is C12H20N2O2S2. The summed E-state index contributed by atoms with van der Waals surface area (Å²) >= 11 is 1.66. The molecular weight excluding hydrogens is 268 g/mol. The Hall–Kier alpha value is -0.430. The van der Waals surface area contributed by atoms with Crippen molar-refractivity contribution in [3.63, 3.8) is 0 Å². The van der Waals surface area contributed by atoms with E-state index < -0.39 is 10.0 Å². The molecule has 1 fully saturated rings. The molecule has 1 aromatic heterocycles. The molecule has 0 radical (unpaired) electrons. The van der Waals surface area contributed by atoms with E-state index in [1.165, 1.54) is 4.88 Å². The summed E-state index contributed by atoms with van der Waals surface area (Å²) in [6, 6.07) is 4.15. The molecule has 0 bridgehead atoms. The molecule has 0 aliphatic heterocycles. The van der Waals surface area contributed by atoms with E-state index in [1.807, 2.05) is 36.5 Å². The Labute approximate surface area is 113 Å². The van der Waals surface area contributed by atoms with Gasteiger partial charge in [0.25, 0.3) is 0 Å². The number of sulfonamides is 1. The van der Waals surface area contributed by atoms with Crippen molar-refractivity contribution >= 4 is 21.4 Å². The fourth-order valence-electron chi connectivity index (χ4n) is 1.88. The number of thiophene rings is 1. The van der Waals surface area contributed by atoms with Gasteiger partial charge in [0, 0.05) is 11.4 Å². The number of nitrogens with one attached hydrogen (secondary N) is 1. The van der Waals surface area contributed by atoms with Crippen molar-refractivity contribution in [1.82, 2.24) is 9.62 Å². The minimum atomic E-state index is -3.11. The summed E-state index contributed by atoms with van der Waals surface area (Å²) in [6.07, 6.45) is 2.12. The molecule has 1 aliphatic carbocycles. The van der Waals surface area contributed by atoms with E-state index in [0.29, 0.717) is 12.5 Å². The Morgan fingerprint density at radius 1 is 1.50 bits per heavy atom. The Balaban J connectivity index is 1.93. The minimum absolute atomic E-state index is 0.110. The largest absolute Gasteiger partial charge is 0.300 e. The van der Waals surface area contributed by atoms with Gasteiger partial charge in [-0.2, -0.15) is 0 Å². The van der Waals surface area contributed by atoms with Crippen LogP contribution in [0.4, 0.5) is 0 Å². The summed E-state index contributed by atoms with van der Waals surface area (Å²) in [5.41, 5.74) is 0. The van der Waals surface area contributed by atoms with Crippen molar-refractivity contribution in [2.24, 2.45) is 5.92 Å². The first-order valence-corrected chi connectivity index (χ1v) is 8.68. The second-order valence-electron chi connectivity index (χ2n) is 5.07. The van der Waals surface area contributed by atoms with Crippen LogP contribution < -0.4 is 4.72 Å². The van der Waals surface area contributed by atoms with Crippen molar-refractivity contribution in [3.8, 4) is 0 Å². The van der Waals surface area contributed by atoms with Crippen LogP contribution in [0.1, 0.15) is 23.8 Å². The molecule has 0 saturated heterocycles. The zero-order valence-electron chi connectivity index (χ0n) is 10.8. The second kappa shape index (κ2) is 5.69. The zero-order valence-corrected chi connectivity index (χ0v) is 12.4. The summed E-state index contributed by atoms with van der Waals surface area (Å²) in [7, 11) is 0.834. The predicted octanol–water partition coefficient (Wildman–Crippen LogP) is 1.68. The van der Waals surface area contributed by atoms with Crippen LogP contribution >= 0.6 is 11.3 Å². The summed E-state index contributed by atoms with van der Waals surface area (Å²) < 4.78 is 26.4. The van der Waals surface area contributed by atoms with Crippen LogP contribution in [0, 0.1) is 5.92 Å². The Bertz CT molecular complexity index is 464. The number of hydrogen-bond donors (Lipinski definition) is 1. The first-order valence-electron chi connectivity index (χ1n) is 6.15. The maximum Gasteiger partial charge on any atom is 0.211 e. The summed E-state index contributed by atoms with van der Waals surface area (Å²) in [5, 5.41) is 2.02. The standard InChI is InChI=1S/C12H20N2O2S2/c1-14(2)11(12-4-3-7-17-12)8-13-18(15,16)9-10-5-6-10/h3-4,7,10-11,13H,5-6,8-9H2,1-2H3. The van der Waals surface area contributed by atoms with Gasteiger partial charge in [0.15, 0.2) is 0 Å². The molecule has 18 heavy (non-hydrogen) atoms. The van der Waals surface area contributed by atoms with Gasteiger partial charge in [0.05, 0.1) is 11.8 Å². The Morgan fingerprint density at radius 3 is 2.72 bits per heavy atom. The van der Waals surface area contributed by atoms with Crippen LogP contribution in [-0.4, -0.2) is 39.7 Å². The molecule has 0 aromatic carbocycles. The number of likely N-dealkylation sites (N-methyl/N-ethyl adjacent to an activating group) is 1. The van der Waals surface area contributed by atoms with Crippen molar-refractivity contribution in [2.75, 3.05) is 26.4 Å². The normalized spacial score (nSPS) is 18.2. The lowest BCUT2D eigenvalue weighted by Gasteiger charge is -2.23. The fourth-order valence-corrected chi connectivity index (χ4v) is 4.28. The maximum absolute atomic E-state index is 11.9. The Kier molecular flexibility index (Phi) is 4.42. The van der Waals surface area contributed by atoms with E-state index in [0.717, 1.165) is 12.8 Å². The van der Waals surface area contributed by atoms with Gasteiger partial charge in [-0.3, -0.25) is 0 Å². The average Bonchev–Trinajstić information content (AvgIpc) is 2.91. The lowest BCUT2D eigenvalue weighted by Crippen LogP contribution is -2.35. The highest BCUT2D eigenvalue weighted by molar-refractivity contribution is 7.89. The third kappa shape index (κ3) is 4.05. The molecule has 1 heterocycles. The molecule has 1 atom stereocenters. The molecule has 4 nitrogen and oxygen atoms in total. The highest BCUT2D eigenvalue weighted by Gasteiger charge is 2.28. The van der Waals surface area contributed by atoms with Gasteiger partial charge in [-0.15, -0.1) is 11.3 Å². The van der Waals surface area contributed by atoms with Crippen LogP contribution in [0.2, 0.25) is 0 Å². The van der Waals surface area contributed by atoms with Crippen molar-refractivity contribution in [1.29, 1.82) is 0 Å². The van der Waals surface area contributed by atoms with Gasteiger partial charge >= 0.3 is 0 Å². The van der Waals surface area contributed by atoms with Crippen molar-refractivity contribution in [2.45, 2.75) is 18.9 Å². The van der Waals surface area contributed by atoms with Crippen LogP contribution in [0.25, 0.3) is 0 Å². The SMILES string of the molecule is CN(C)C(CNS(=O)(=O)CC1CC1)c1cccs1. The monoisotopic (exact) mass is 288 g/mol. The van der Waals surface area contributed by atoms with Crippen molar-refractivity contribution < 1.29 is 8.42 Å². The van der Waals surface area contributed by atoms with Gasteiger partial charge in [-0.25, -0.2) is 13.1 Å². The van der Waals surface area contributed by atoms with Gasteiger partial charge in [-0.1, -0.05) is 6.07 Å². The molecule has 1 N–H and O–H groups in total. The Morgan fingerprint density at radius 2 is 2.22 bits per heavy atom. The molecule has 1 aromatic rings. The van der Waals surface area contributed by atoms with Crippen LogP contribution in [0.3, 0.4) is 0 Å². The highest BCUT2D eigenvalue weighted by atomic mass is 32.2. The predicted molar refractivity (Wildman–Crippen MR) is 75.3 cm³/mol. The summed E-state index contributed by atoms with van der Waals surface area (Å²) in [6.45, 7) is 0.447. The molecule has 1 saturated carbocycles. The molecule has 1 unspecified atom stereocenters. The number of rotatable bonds is 7. The van der Waals surface area contributed by atoms with Gasteiger partial charge in [0.1, 0.15) is 0 Å². The third-order valence-electron chi connectivity index (χ3n) is 3.14. The van der Waals surface area contributed by atoms with E-state index in [1.54, 1.807) is 11.3 Å². The maximum atomic E-state index is 11.9. The smallest absolute Gasteiger partial charge is 0.211 e. The molecule has 102 valence electrons. The third-order valence-corrected chi connectivity index (χ3v) is 5.63. The number of nitrogens with zero attached hydrogens (tertiary/aromatic N) is 1. The van der Waals surface area contributed by atoms with Crippen LogP contribution in [0.5, 0.6) is 0 Å². The summed E-state index contributed by atoms with van der Waals surface area (Å²) in [5.74, 6) is 0.680.